The molecule has 1 atom stereocenters. The molecule has 2 nitrogen and oxygen atoms in total. The molecule has 0 aliphatic carbocycles. The summed E-state index contributed by atoms with van der Waals surface area (Å²) in [6.45, 7) is 0. The first-order valence-electron chi connectivity index (χ1n) is 3.31. The second kappa shape index (κ2) is 4.21. The number of furan rings is 1. The molecule has 1 aromatic rings. The summed E-state index contributed by atoms with van der Waals surface area (Å²) >= 11 is 5.28. The smallest absolute Gasteiger partial charge is 0.132 e. The molecule has 0 aromatic carbocycles. The Labute approximate surface area is 70.1 Å². The quantitative estimate of drug-likeness (QED) is 0.760. The Bertz CT molecular complexity index is 216. The molecular formula is C8H9ClO2. The fraction of sp³-hybridized carbons (Fsp3) is 0.250. The van der Waals surface area contributed by atoms with Crippen LogP contribution in [0.5, 0.6) is 0 Å². The minimum Gasteiger partial charge on any atom is -0.467 e. The maximum Gasteiger partial charge on any atom is 0.132 e. The predicted molar refractivity (Wildman–Crippen MR) is 43.3 cm³/mol. The molecule has 1 unspecified atom stereocenters. The number of halogens is 1. The summed E-state index contributed by atoms with van der Waals surface area (Å²) in [6.07, 6.45) is 3.11. The third kappa shape index (κ3) is 2.41. The first-order chi connectivity index (χ1) is 5.34. The maximum absolute atomic E-state index is 9.34. The molecule has 1 rings (SSSR count). The van der Waals surface area contributed by atoms with Gasteiger partial charge in [0.15, 0.2) is 0 Å². The molecule has 1 heterocycles. The van der Waals surface area contributed by atoms with E-state index in [1.54, 1.807) is 18.2 Å². The number of aliphatic hydroxyl groups is 1. The second-order valence-electron chi connectivity index (χ2n) is 2.13. The van der Waals surface area contributed by atoms with Crippen LogP contribution in [0.15, 0.2) is 34.4 Å². The molecule has 0 fully saturated rings. The average Bonchev–Trinajstić information content (AvgIpc) is 2.52. The lowest BCUT2D eigenvalue weighted by atomic mass is 10.2. The van der Waals surface area contributed by atoms with E-state index in [9.17, 15) is 5.11 Å². The summed E-state index contributed by atoms with van der Waals surface area (Å²) in [4.78, 5) is 0. The van der Waals surface area contributed by atoms with E-state index >= 15 is 0 Å². The van der Waals surface area contributed by atoms with Gasteiger partial charge in [-0.2, -0.15) is 0 Å². The van der Waals surface area contributed by atoms with Gasteiger partial charge in [-0.25, -0.2) is 0 Å². The molecule has 0 aliphatic rings. The van der Waals surface area contributed by atoms with E-state index in [0.29, 0.717) is 12.2 Å². The van der Waals surface area contributed by atoms with Crippen molar-refractivity contribution in [3.05, 3.63) is 35.8 Å². The molecule has 0 aliphatic heterocycles. The minimum atomic E-state index is -0.583. The first kappa shape index (κ1) is 8.37. The van der Waals surface area contributed by atoms with Crippen LogP contribution in [0.25, 0.3) is 0 Å². The van der Waals surface area contributed by atoms with Crippen molar-refractivity contribution < 1.29 is 9.52 Å². The highest BCUT2D eigenvalue weighted by molar-refractivity contribution is 6.25. The molecule has 1 aromatic heterocycles. The van der Waals surface area contributed by atoms with Crippen LogP contribution in [0.3, 0.4) is 0 Å². The highest BCUT2D eigenvalue weighted by Crippen LogP contribution is 2.16. The Morgan fingerprint density at radius 1 is 1.73 bits per heavy atom. The largest absolute Gasteiger partial charge is 0.467 e. The van der Waals surface area contributed by atoms with Crippen molar-refractivity contribution in [2.45, 2.75) is 12.5 Å². The van der Waals surface area contributed by atoms with E-state index in [-0.39, 0.29) is 0 Å². The van der Waals surface area contributed by atoms with Crippen LogP contribution < -0.4 is 0 Å². The van der Waals surface area contributed by atoms with Crippen molar-refractivity contribution in [2.75, 3.05) is 0 Å². The van der Waals surface area contributed by atoms with Crippen LogP contribution in [-0.2, 0) is 0 Å². The van der Waals surface area contributed by atoms with Gasteiger partial charge in [-0.05, 0) is 18.6 Å². The molecular weight excluding hydrogens is 164 g/mol. The summed E-state index contributed by atoms with van der Waals surface area (Å²) in [5, 5.41) is 9.34. The van der Waals surface area contributed by atoms with Gasteiger partial charge < -0.3 is 9.52 Å². The lowest BCUT2D eigenvalue weighted by Crippen LogP contribution is -1.92. The zero-order chi connectivity index (χ0) is 8.10. The van der Waals surface area contributed by atoms with E-state index < -0.39 is 6.10 Å². The summed E-state index contributed by atoms with van der Waals surface area (Å²) in [6, 6.07) is 3.47. The van der Waals surface area contributed by atoms with E-state index in [0.717, 1.165) is 0 Å². The van der Waals surface area contributed by atoms with Crippen molar-refractivity contribution in [2.24, 2.45) is 0 Å². The Kier molecular flexibility index (Phi) is 3.20. The Morgan fingerprint density at radius 2 is 2.55 bits per heavy atom. The van der Waals surface area contributed by atoms with Crippen LogP contribution in [0.4, 0.5) is 0 Å². The summed E-state index contributed by atoms with van der Waals surface area (Å²) in [5.74, 6) is 0.569. The SMILES string of the molecule is OC(CC=CCl)c1ccco1. The monoisotopic (exact) mass is 172 g/mol. The zero-order valence-electron chi connectivity index (χ0n) is 5.90. The molecule has 60 valence electrons. The van der Waals surface area contributed by atoms with Gasteiger partial charge in [-0.15, -0.1) is 0 Å². The highest BCUT2D eigenvalue weighted by atomic mass is 35.5. The third-order valence-electron chi connectivity index (χ3n) is 1.32. The maximum atomic E-state index is 9.34. The molecule has 11 heavy (non-hydrogen) atoms. The lowest BCUT2D eigenvalue weighted by Gasteiger charge is -2.01. The van der Waals surface area contributed by atoms with E-state index in [2.05, 4.69) is 0 Å². The topological polar surface area (TPSA) is 33.4 Å². The van der Waals surface area contributed by atoms with Crippen molar-refractivity contribution in [1.29, 1.82) is 0 Å². The first-order valence-corrected chi connectivity index (χ1v) is 3.75. The molecule has 0 bridgehead atoms. The standard InChI is InChI=1S/C8H9ClO2/c9-5-1-3-7(10)8-4-2-6-11-8/h1-2,4-7,10H,3H2. The fourth-order valence-corrected chi connectivity index (χ4v) is 0.880. The van der Waals surface area contributed by atoms with Crippen LogP contribution >= 0.6 is 11.6 Å². The van der Waals surface area contributed by atoms with Crippen LogP contribution in [-0.4, -0.2) is 5.11 Å². The van der Waals surface area contributed by atoms with Crippen LogP contribution in [0.2, 0.25) is 0 Å². The molecule has 0 saturated heterocycles. The lowest BCUT2D eigenvalue weighted by molar-refractivity contribution is 0.153. The minimum absolute atomic E-state index is 0.483. The number of hydrogen-bond donors (Lipinski definition) is 1. The van der Waals surface area contributed by atoms with Gasteiger partial charge in [0.1, 0.15) is 11.9 Å². The number of rotatable bonds is 3. The fourth-order valence-electron chi connectivity index (χ4n) is 0.777. The van der Waals surface area contributed by atoms with Gasteiger partial charge in [-0.3, -0.25) is 0 Å². The zero-order valence-corrected chi connectivity index (χ0v) is 6.66. The van der Waals surface area contributed by atoms with E-state index in [1.165, 1.54) is 11.8 Å². The van der Waals surface area contributed by atoms with Gasteiger partial charge in [0.2, 0.25) is 0 Å². The average molecular weight is 173 g/mol. The van der Waals surface area contributed by atoms with Gasteiger partial charge >= 0.3 is 0 Å². The third-order valence-corrected chi connectivity index (χ3v) is 1.50. The van der Waals surface area contributed by atoms with Gasteiger partial charge in [-0.1, -0.05) is 17.7 Å². The molecule has 1 N–H and O–H groups in total. The van der Waals surface area contributed by atoms with Gasteiger partial charge in [0, 0.05) is 5.54 Å². The summed E-state index contributed by atoms with van der Waals surface area (Å²) in [5.41, 5.74) is 1.38. The molecule has 0 spiro atoms. The van der Waals surface area contributed by atoms with Crippen molar-refractivity contribution >= 4 is 11.6 Å². The molecule has 3 heteroatoms. The van der Waals surface area contributed by atoms with Crippen LogP contribution in [0.1, 0.15) is 18.3 Å². The predicted octanol–water partition coefficient (Wildman–Crippen LogP) is 2.46. The van der Waals surface area contributed by atoms with Crippen molar-refractivity contribution in [3.63, 3.8) is 0 Å². The van der Waals surface area contributed by atoms with Crippen molar-refractivity contribution in [3.8, 4) is 0 Å². The van der Waals surface area contributed by atoms with Crippen LogP contribution in [0, 0.1) is 0 Å². The van der Waals surface area contributed by atoms with E-state index in [1.807, 2.05) is 0 Å². The Morgan fingerprint density at radius 3 is 3.09 bits per heavy atom. The van der Waals surface area contributed by atoms with Gasteiger partial charge in [0.25, 0.3) is 0 Å². The van der Waals surface area contributed by atoms with Crippen molar-refractivity contribution in [1.82, 2.24) is 0 Å². The molecule has 0 radical (unpaired) electrons. The Balaban J connectivity index is 2.49. The van der Waals surface area contributed by atoms with E-state index in [4.69, 9.17) is 16.0 Å². The summed E-state index contributed by atoms with van der Waals surface area (Å²) in [7, 11) is 0. The number of aliphatic hydroxyl groups excluding tert-OH is 1. The highest BCUT2D eigenvalue weighted by Gasteiger charge is 2.06. The summed E-state index contributed by atoms with van der Waals surface area (Å²) < 4.78 is 4.97. The van der Waals surface area contributed by atoms with Gasteiger partial charge in [0.05, 0.1) is 6.26 Å². The number of hydrogen-bond acceptors (Lipinski definition) is 2. The normalized spacial score (nSPS) is 14.0. The molecule has 0 saturated carbocycles. The second-order valence-corrected chi connectivity index (χ2v) is 2.38. The molecule has 0 amide bonds. The Hall–Kier alpha value is -0.730.